The van der Waals surface area contributed by atoms with E-state index in [1.54, 1.807) is 0 Å². The van der Waals surface area contributed by atoms with Crippen LogP contribution >= 0.6 is 11.3 Å². The van der Waals surface area contributed by atoms with Gasteiger partial charge in [0.05, 0.1) is 5.69 Å². The number of aromatic nitrogens is 2. The van der Waals surface area contributed by atoms with Crippen molar-refractivity contribution < 1.29 is 4.79 Å². The number of hydrogen-bond donors (Lipinski definition) is 1. The standard InChI is InChI=1S/C14H18N4OS/c1-10-13-4-3-5-17(13)6-7-18(10)8-12-9-20-14(16-12)15-11(2)19/h3-5,9-10H,6-8H2,1-2H3,(H,15,16,19)/t10-/m0/s1. The number of fused-ring (bicyclic) bond motifs is 1. The number of hydrogen-bond acceptors (Lipinski definition) is 4. The van der Waals surface area contributed by atoms with E-state index in [1.807, 2.05) is 5.38 Å². The van der Waals surface area contributed by atoms with Gasteiger partial charge < -0.3 is 9.88 Å². The van der Waals surface area contributed by atoms with Gasteiger partial charge in [0.15, 0.2) is 5.13 Å². The molecule has 0 spiro atoms. The molecule has 0 aromatic carbocycles. The molecule has 106 valence electrons. The van der Waals surface area contributed by atoms with E-state index < -0.39 is 0 Å². The van der Waals surface area contributed by atoms with Crippen LogP contribution in [0.4, 0.5) is 5.13 Å². The van der Waals surface area contributed by atoms with Gasteiger partial charge in [-0.1, -0.05) is 0 Å². The Kier molecular flexibility index (Phi) is 3.58. The number of amides is 1. The van der Waals surface area contributed by atoms with Gasteiger partial charge in [0.1, 0.15) is 0 Å². The molecule has 0 unspecified atom stereocenters. The SMILES string of the molecule is CC(=O)Nc1nc(CN2CCn3cccc3[C@@H]2C)cs1. The van der Waals surface area contributed by atoms with E-state index in [0.29, 0.717) is 11.2 Å². The first kappa shape index (κ1) is 13.3. The highest BCUT2D eigenvalue weighted by Gasteiger charge is 2.23. The number of rotatable bonds is 3. The molecule has 0 bridgehead atoms. The molecule has 3 rings (SSSR count). The molecule has 1 aliphatic heterocycles. The highest BCUT2D eigenvalue weighted by molar-refractivity contribution is 7.13. The molecule has 0 saturated heterocycles. The highest BCUT2D eigenvalue weighted by Crippen LogP contribution is 2.27. The Hall–Kier alpha value is -1.66. The monoisotopic (exact) mass is 290 g/mol. The molecule has 20 heavy (non-hydrogen) atoms. The van der Waals surface area contributed by atoms with E-state index in [4.69, 9.17) is 0 Å². The summed E-state index contributed by atoms with van der Waals surface area (Å²) < 4.78 is 2.31. The van der Waals surface area contributed by atoms with Gasteiger partial charge >= 0.3 is 0 Å². The molecule has 2 aromatic rings. The van der Waals surface area contributed by atoms with Crippen LogP contribution in [0.25, 0.3) is 0 Å². The van der Waals surface area contributed by atoms with Crippen LogP contribution in [0.3, 0.4) is 0 Å². The van der Waals surface area contributed by atoms with Crippen LogP contribution in [0.1, 0.15) is 31.3 Å². The third-order valence-corrected chi connectivity index (χ3v) is 4.47. The van der Waals surface area contributed by atoms with Crippen LogP contribution in [-0.2, 0) is 17.9 Å². The van der Waals surface area contributed by atoms with Gasteiger partial charge in [-0.15, -0.1) is 11.3 Å². The summed E-state index contributed by atoms with van der Waals surface area (Å²) in [6.45, 7) is 6.60. The molecular formula is C14H18N4OS. The zero-order valence-corrected chi connectivity index (χ0v) is 12.5. The number of anilines is 1. The largest absolute Gasteiger partial charge is 0.349 e. The van der Waals surface area contributed by atoms with Crippen LogP contribution in [0, 0.1) is 0 Å². The van der Waals surface area contributed by atoms with Crippen LogP contribution in [0.5, 0.6) is 0 Å². The van der Waals surface area contributed by atoms with E-state index in [2.05, 4.69) is 45.0 Å². The highest BCUT2D eigenvalue weighted by atomic mass is 32.1. The van der Waals surface area contributed by atoms with Crippen LogP contribution < -0.4 is 5.32 Å². The zero-order chi connectivity index (χ0) is 14.1. The fourth-order valence-electron chi connectivity index (χ4n) is 2.64. The summed E-state index contributed by atoms with van der Waals surface area (Å²) in [6, 6.07) is 4.68. The molecule has 1 amide bonds. The maximum atomic E-state index is 11.0. The average molecular weight is 290 g/mol. The van der Waals surface area contributed by atoms with Crippen molar-refractivity contribution in [3.8, 4) is 0 Å². The molecule has 0 fully saturated rings. The molecule has 0 aliphatic carbocycles. The molecule has 3 heterocycles. The smallest absolute Gasteiger partial charge is 0.223 e. The van der Waals surface area contributed by atoms with Crippen molar-refractivity contribution in [3.63, 3.8) is 0 Å². The zero-order valence-electron chi connectivity index (χ0n) is 11.7. The number of carbonyl (C=O) groups is 1. The Balaban J connectivity index is 1.69. The lowest BCUT2D eigenvalue weighted by Gasteiger charge is -2.34. The molecule has 0 radical (unpaired) electrons. The normalized spacial score (nSPS) is 18.8. The summed E-state index contributed by atoms with van der Waals surface area (Å²) in [5.74, 6) is -0.0740. The van der Waals surface area contributed by atoms with Gasteiger partial charge in [0, 0.05) is 49.9 Å². The minimum Gasteiger partial charge on any atom is -0.349 e. The summed E-state index contributed by atoms with van der Waals surface area (Å²) in [4.78, 5) is 17.9. The van der Waals surface area contributed by atoms with Gasteiger partial charge in [0.25, 0.3) is 0 Å². The summed E-state index contributed by atoms with van der Waals surface area (Å²) >= 11 is 1.48. The summed E-state index contributed by atoms with van der Waals surface area (Å²) in [6.07, 6.45) is 2.14. The number of nitrogens with one attached hydrogen (secondary N) is 1. The van der Waals surface area contributed by atoms with E-state index in [-0.39, 0.29) is 5.91 Å². The average Bonchev–Trinajstić information content (AvgIpc) is 3.01. The van der Waals surface area contributed by atoms with Crippen LogP contribution in [-0.4, -0.2) is 26.9 Å². The van der Waals surface area contributed by atoms with Crippen molar-refractivity contribution in [2.45, 2.75) is 33.0 Å². The Labute approximate surface area is 122 Å². The van der Waals surface area contributed by atoms with E-state index in [1.165, 1.54) is 24.0 Å². The maximum absolute atomic E-state index is 11.0. The Morgan fingerprint density at radius 2 is 2.40 bits per heavy atom. The second-order valence-electron chi connectivity index (χ2n) is 5.10. The molecule has 0 saturated carbocycles. The Morgan fingerprint density at radius 1 is 1.55 bits per heavy atom. The minimum atomic E-state index is -0.0740. The van der Waals surface area contributed by atoms with E-state index >= 15 is 0 Å². The molecule has 5 nitrogen and oxygen atoms in total. The maximum Gasteiger partial charge on any atom is 0.223 e. The third-order valence-electron chi connectivity index (χ3n) is 3.67. The van der Waals surface area contributed by atoms with E-state index in [0.717, 1.165) is 25.3 Å². The van der Waals surface area contributed by atoms with Crippen LogP contribution in [0.2, 0.25) is 0 Å². The summed E-state index contributed by atoms with van der Waals surface area (Å²) in [5.41, 5.74) is 2.37. The molecule has 1 N–H and O–H groups in total. The Morgan fingerprint density at radius 3 is 3.20 bits per heavy atom. The van der Waals surface area contributed by atoms with Crippen molar-refractivity contribution in [2.24, 2.45) is 0 Å². The first-order valence-corrected chi connectivity index (χ1v) is 7.62. The Bertz CT molecular complexity index is 618. The lowest BCUT2D eigenvalue weighted by atomic mass is 10.1. The summed E-state index contributed by atoms with van der Waals surface area (Å²) in [5, 5.41) is 5.43. The van der Waals surface area contributed by atoms with Gasteiger partial charge in [-0.3, -0.25) is 9.69 Å². The number of carbonyl (C=O) groups excluding carboxylic acids is 1. The predicted octanol–water partition coefficient (Wildman–Crippen LogP) is 2.48. The van der Waals surface area contributed by atoms with Gasteiger partial charge in [0.2, 0.25) is 5.91 Å². The van der Waals surface area contributed by atoms with Gasteiger partial charge in [-0.05, 0) is 19.1 Å². The van der Waals surface area contributed by atoms with Gasteiger partial charge in [-0.2, -0.15) is 0 Å². The van der Waals surface area contributed by atoms with Crippen molar-refractivity contribution in [3.05, 3.63) is 35.1 Å². The lowest BCUT2D eigenvalue weighted by Crippen LogP contribution is -2.35. The fraction of sp³-hybridized carbons (Fsp3) is 0.429. The van der Waals surface area contributed by atoms with Crippen molar-refractivity contribution >= 4 is 22.4 Å². The number of thiazole rings is 1. The van der Waals surface area contributed by atoms with Crippen LogP contribution in [0.15, 0.2) is 23.7 Å². The lowest BCUT2D eigenvalue weighted by molar-refractivity contribution is -0.114. The summed E-state index contributed by atoms with van der Waals surface area (Å²) in [7, 11) is 0. The third kappa shape index (κ3) is 2.62. The molecular weight excluding hydrogens is 272 g/mol. The van der Waals surface area contributed by atoms with E-state index in [9.17, 15) is 4.79 Å². The first-order chi connectivity index (χ1) is 9.63. The quantitative estimate of drug-likeness (QED) is 0.945. The molecule has 6 heteroatoms. The van der Waals surface area contributed by atoms with Crippen molar-refractivity contribution in [1.29, 1.82) is 0 Å². The van der Waals surface area contributed by atoms with Crippen molar-refractivity contribution in [2.75, 3.05) is 11.9 Å². The first-order valence-electron chi connectivity index (χ1n) is 6.74. The number of nitrogens with zero attached hydrogens (tertiary/aromatic N) is 3. The van der Waals surface area contributed by atoms with Gasteiger partial charge in [-0.25, -0.2) is 4.98 Å². The molecule has 1 aliphatic rings. The predicted molar refractivity (Wildman–Crippen MR) is 79.7 cm³/mol. The molecule has 2 aromatic heterocycles. The fourth-order valence-corrected chi connectivity index (χ4v) is 3.39. The second-order valence-corrected chi connectivity index (χ2v) is 5.96. The second kappa shape index (κ2) is 5.38. The van der Waals surface area contributed by atoms with Crippen molar-refractivity contribution in [1.82, 2.24) is 14.5 Å². The topological polar surface area (TPSA) is 50.2 Å². The minimum absolute atomic E-state index is 0.0740. The molecule has 1 atom stereocenters.